The summed E-state index contributed by atoms with van der Waals surface area (Å²) in [6.07, 6.45) is 9.09. The van der Waals surface area contributed by atoms with Gasteiger partial charge in [0.2, 0.25) is 0 Å². The van der Waals surface area contributed by atoms with Crippen LogP contribution in [-0.2, 0) is 6.54 Å². The zero-order valence-corrected chi connectivity index (χ0v) is 13.6. The third-order valence-corrected chi connectivity index (χ3v) is 5.26. The molecule has 1 saturated heterocycles. The average Bonchev–Trinajstić information content (AvgIpc) is 2.86. The van der Waals surface area contributed by atoms with E-state index in [-0.39, 0.29) is 12.4 Å². The van der Waals surface area contributed by atoms with Crippen molar-refractivity contribution < 1.29 is 0 Å². The highest BCUT2D eigenvalue weighted by Crippen LogP contribution is 2.24. The lowest BCUT2D eigenvalue weighted by Crippen LogP contribution is -2.50. The molecule has 0 unspecified atom stereocenters. The summed E-state index contributed by atoms with van der Waals surface area (Å²) in [6, 6.07) is 0.870. The van der Waals surface area contributed by atoms with E-state index in [0.717, 1.165) is 12.6 Å². The highest BCUT2D eigenvalue weighted by molar-refractivity contribution is 7.15. The van der Waals surface area contributed by atoms with Crippen molar-refractivity contribution in [3.05, 3.63) is 11.1 Å². The highest BCUT2D eigenvalue weighted by Gasteiger charge is 2.25. The third-order valence-electron chi connectivity index (χ3n) is 4.45. The Balaban J connectivity index is 0.00000147. The topological polar surface area (TPSA) is 45.4 Å². The number of piperazine rings is 1. The van der Waals surface area contributed by atoms with Crippen molar-refractivity contribution in [2.75, 3.05) is 31.9 Å². The van der Waals surface area contributed by atoms with Crippen LogP contribution >= 0.6 is 23.7 Å². The van der Waals surface area contributed by atoms with Crippen molar-refractivity contribution in [1.82, 2.24) is 14.8 Å². The summed E-state index contributed by atoms with van der Waals surface area (Å²) in [5, 5.41) is 0.691. The van der Waals surface area contributed by atoms with Crippen LogP contribution < -0.4 is 5.73 Å². The standard InChI is InChI=1S/C14H24N4S.ClH/c15-14-16-10-13(19-14)11-17-6-8-18(9-7-17)12-4-2-1-3-5-12;/h10,12H,1-9,11H2,(H2,15,16);1H. The third kappa shape index (κ3) is 4.07. The molecule has 1 aliphatic carbocycles. The van der Waals surface area contributed by atoms with Gasteiger partial charge in [-0.05, 0) is 12.8 Å². The number of hydrogen-bond donors (Lipinski definition) is 1. The first-order chi connectivity index (χ1) is 9.31. The van der Waals surface area contributed by atoms with Gasteiger partial charge in [0, 0.05) is 49.8 Å². The molecule has 0 radical (unpaired) electrons. The number of hydrogen-bond acceptors (Lipinski definition) is 5. The molecule has 0 bridgehead atoms. The molecular formula is C14H25ClN4S. The summed E-state index contributed by atoms with van der Waals surface area (Å²) in [5.74, 6) is 0. The van der Waals surface area contributed by atoms with Crippen molar-refractivity contribution in [1.29, 1.82) is 0 Å². The number of thiazole rings is 1. The van der Waals surface area contributed by atoms with E-state index in [9.17, 15) is 0 Å². The fourth-order valence-electron chi connectivity index (χ4n) is 3.35. The Hall–Kier alpha value is -0.360. The average molecular weight is 317 g/mol. The summed E-state index contributed by atoms with van der Waals surface area (Å²) in [6.45, 7) is 5.87. The molecule has 2 aliphatic rings. The Morgan fingerprint density at radius 2 is 1.85 bits per heavy atom. The molecule has 0 amide bonds. The van der Waals surface area contributed by atoms with Crippen LogP contribution in [0.25, 0.3) is 0 Å². The second kappa shape index (κ2) is 7.59. The predicted molar refractivity (Wildman–Crippen MR) is 87.5 cm³/mol. The zero-order chi connectivity index (χ0) is 13.1. The van der Waals surface area contributed by atoms with Crippen molar-refractivity contribution in [2.45, 2.75) is 44.7 Å². The molecule has 6 heteroatoms. The molecule has 4 nitrogen and oxygen atoms in total. The van der Waals surface area contributed by atoms with Crippen LogP contribution in [0.15, 0.2) is 6.20 Å². The second-order valence-electron chi connectivity index (χ2n) is 5.77. The Morgan fingerprint density at radius 1 is 1.15 bits per heavy atom. The molecule has 1 aromatic rings. The molecule has 1 saturated carbocycles. The maximum atomic E-state index is 5.68. The molecule has 0 atom stereocenters. The number of nitrogen functional groups attached to an aromatic ring is 1. The number of nitrogens with two attached hydrogens (primary N) is 1. The largest absolute Gasteiger partial charge is 0.375 e. The predicted octanol–water partition coefficient (Wildman–Crippen LogP) is 2.60. The van der Waals surface area contributed by atoms with Crippen LogP contribution in [0.4, 0.5) is 5.13 Å². The number of nitrogens with zero attached hydrogens (tertiary/aromatic N) is 3. The maximum absolute atomic E-state index is 5.68. The Bertz CT molecular complexity index is 398. The summed E-state index contributed by atoms with van der Waals surface area (Å²) < 4.78 is 0. The lowest BCUT2D eigenvalue weighted by atomic mass is 9.94. The fraction of sp³-hybridized carbons (Fsp3) is 0.786. The first-order valence-corrected chi connectivity index (χ1v) is 8.29. The number of aromatic nitrogens is 1. The van der Waals surface area contributed by atoms with Gasteiger partial charge in [-0.1, -0.05) is 19.3 Å². The van der Waals surface area contributed by atoms with E-state index in [4.69, 9.17) is 5.73 Å². The van der Waals surface area contributed by atoms with E-state index < -0.39 is 0 Å². The van der Waals surface area contributed by atoms with Gasteiger partial charge in [0.05, 0.1) is 0 Å². The normalized spacial score (nSPS) is 22.6. The van der Waals surface area contributed by atoms with Gasteiger partial charge in [-0.25, -0.2) is 4.98 Å². The van der Waals surface area contributed by atoms with Gasteiger partial charge in [-0.3, -0.25) is 9.80 Å². The van der Waals surface area contributed by atoms with Crippen molar-refractivity contribution in [3.63, 3.8) is 0 Å². The van der Waals surface area contributed by atoms with Gasteiger partial charge in [0.1, 0.15) is 0 Å². The van der Waals surface area contributed by atoms with E-state index in [1.165, 1.54) is 63.2 Å². The van der Waals surface area contributed by atoms with Crippen LogP contribution in [0.2, 0.25) is 0 Å². The highest BCUT2D eigenvalue weighted by atomic mass is 35.5. The quantitative estimate of drug-likeness (QED) is 0.931. The SMILES string of the molecule is Cl.Nc1ncc(CN2CCN(C3CCCCC3)CC2)s1. The molecule has 2 heterocycles. The summed E-state index contributed by atoms with van der Waals surface area (Å²) in [7, 11) is 0. The summed E-state index contributed by atoms with van der Waals surface area (Å²) in [4.78, 5) is 10.7. The summed E-state index contributed by atoms with van der Waals surface area (Å²) in [5.41, 5.74) is 5.68. The van der Waals surface area contributed by atoms with Crippen molar-refractivity contribution >= 4 is 28.9 Å². The number of halogens is 1. The van der Waals surface area contributed by atoms with Gasteiger partial charge >= 0.3 is 0 Å². The molecule has 114 valence electrons. The minimum absolute atomic E-state index is 0. The first-order valence-electron chi connectivity index (χ1n) is 7.48. The Kier molecular flexibility index (Phi) is 6.08. The van der Waals surface area contributed by atoms with Gasteiger partial charge in [0.15, 0.2) is 5.13 Å². The molecular weight excluding hydrogens is 292 g/mol. The first kappa shape index (κ1) is 16.0. The minimum Gasteiger partial charge on any atom is -0.375 e. The van der Waals surface area contributed by atoms with E-state index in [1.807, 2.05) is 6.20 Å². The van der Waals surface area contributed by atoms with E-state index >= 15 is 0 Å². The molecule has 1 aromatic heterocycles. The van der Waals surface area contributed by atoms with Gasteiger partial charge in [-0.15, -0.1) is 23.7 Å². The maximum Gasteiger partial charge on any atom is 0.180 e. The molecule has 0 spiro atoms. The van der Waals surface area contributed by atoms with E-state index in [1.54, 1.807) is 11.3 Å². The second-order valence-corrected chi connectivity index (χ2v) is 6.92. The van der Waals surface area contributed by atoms with Crippen LogP contribution in [-0.4, -0.2) is 47.0 Å². The molecule has 0 aromatic carbocycles. The summed E-state index contributed by atoms with van der Waals surface area (Å²) >= 11 is 1.62. The van der Waals surface area contributed by atoms with Crippen LogP contribution in [0, 0.1) is 0 Å². The van der Waals surface area contributed by atoms with E-state index in [0.29, 0.717) is 5.13 Å². The Morgan fingerprint density at radius 3 is 2.45 bits per heavy atom. The van der Waals surface area contributed by atoms with Crippen LogP contribution in [0.5, 0.6) is 0 Å². The number of anilines is 1. The van der Waals surface area contributed by atoms with E-state index in [2.05, 4.69) is 14.8 Å². The van der Waals surface area contributed by atoms with Crippen LogP contribution in [0.1, 0.15) is 37.0 Å². The van der Waals surface area contributed by atoms with Crippen LogP contribution in [0.3, 0.4) is 0 Å². The lowest BCUT2D eigenvalue weighted by molar-refractivity contribution is 0.0759. The lowest BCUT2D eigenvalue weighted by Gasteiger charge is -2.40. The molecule has 3 rings (SSSR count). The Labute approximate surface area is 131 Å². The van der Waals surface area contributed by atoms with Gasteiger partial charge < -0.3 is 5.73 Å². The van der Waals surface area contributed by atoms with Crippen molar-refractivity contribution in [3.8, 4) is 0 Å². The molecule has 2 fully saturated rings. The zero-order valence-electron chi connectivity index (χ0n) is 12.0. The molecule has 2 N–H and O–H groups in total. The monoisotopic (exact) mass is 316 g/mol. The fourth-order valence-corrected chi connectivity index (χ4v) is 4.08. The molecule has 20 heavy (non-hydrogen) atoms. The smallest absolute Gasteiger partial charge is 0.180 e. The molecule has 1 aliphatic heterocycles. The van der Waals surface area contributed by atoms with Gasteiger partial charge in [0.25, 0.3) is 0 Å². The number of rotatable bonds is 3. The van der Waals surface area contributed by atoms with Crippen molar-refractivity contribution in [2.24, 2.45) is 0 Å². The minimum atomic E-state index is 0. The van der Waals surface area contributed by atoms with Gasteiger partial charge in [-0.2, -0.15) is 0 Å².